The van der Waals surface area contributed by atoms with Gasteiger partial charge < -0.3 is 10.1 Å². The highest BCUT2D eigenvalue weighted by Crippen LogP contribution is 2.29. The van der Waals surface area contributed by atoms with Gasteiger partial charge in [0.25, 0.3) is 0 Å². The van der Waals surface area contributed by atoms with Crippen molar-refractivity contribution in [3.63, 3.8) is 0 Å². The van der Waals surface area contributed by atoms with Crippen LogP contribution in [0.1, 0.15) is 25.7 Å². The van der Waals surface area contributed by atoms with Crippen LogP contribution in [0.3, 0.4) is 0 Å². The Hall–Kier alpha value is -0.730. The van der Waals surface area contributed by atoms with E-state index in [0.29, 0.717) is 17.7 Å². The van der Waals surface area contributed by atoms with Crippen LogP contribution in [0.2, 0.25) is 5.02 Å². The summed E-state index contributed by atoms with van der Waals surface area (Å²) in [6, 6.07) is 8.09. The second-order valence-corrected chi connectivity index (χ2v) is 5.09. The van der Waals surface area contributed by atoms with E-state index in [2.05, 4.69) is 5.32 Å². The number of rotatable bonds is 5. The Balaban J connectivity index is 1.89. The first kappa shape index (κ1) is 12.7. The largest absolute Gasteiger partial charge is 0.490 e. The van der Waals surface area contributed by atoms with Crippen molar-refractivity contribution in [2.75, 3.05) is 13.7 Å². The molecule has 0 saturated heterocycles. The molecule has 3 heteroatoms. The molecule has 1 aliphatic carbocycles. The molecule has 1 aliphatic rings. The van der Waals surface area contributed by atoms with Gasteiger partial charge in [-0.1, -0.05) is 36.6 Å². The fourth-order valence-corrected chi connectivity index (χ4v) is 2.75. The molecule has 1 unspecified atom stereocenters. The van der Waals surface area contributed by atoms with E-state index in [9.17, 15) is 0 Å². The molecule has 2 nitrogen and oxygen atoms in total. The van der Waals surface area contributed by atoms with Gasteiger partial charge in [-0.15, -0.1) is 0 Å². The van der Waals surface area contributed by atoms with Crippen molar-refractivity contribution in [3.8, 4) is 5.75 Å². The lowest BCUT2D eigenvalue weighted by Crippen LogP contribution is -2.37. The first-order chi connectivity index (χ1) is 8.31. The van der Waals surface area contributed by atoms with Gasteiger partial charge in [0.1, 0.15) is 12.4 Å². The summed E-state index contributed by atoms with van der Waals surface area (Å²) >= 11 is 6.07. The van der Waals surface area contributed by atoms with E-state index < -0.39 is 0 Å². The van der Waals surface area contributed by atoms with Crippen LogP contribution in [0, 0.1) is 5.92 Å². The molecule has 1 aromatic rings. The van der Waals surface area contributed by atoms with Gasteiger partial charge in [-0.05, 0) is 37.9 Å². The van der Waals surface area contributed by atoms with Crippen LogP contribution in [0.25, 0.3) is 0 Å². The van der Waals surface area contributed by atoms with E-state index in [1.54, 1.807) is 0 Å². The maximum Gasteiger partial charge on any atom is 0.137 e. The third-order valence-electron chi connectivity index (χ3n) is 3.59. The van der Waals surface area contributed by atoms with Crippen LogP contribution in [0.4, 0.5) is 0 Å². The average molecular weight is 254 g/mol. The Morgan fingerprint density at radius 3 is 2.71 bits per heavy atom. The fraction of sp³-hybridized carbons (Fsp3) is 0.571. The topological polar surface area (TPSA) is 21.3 Å². The maximum atomic E-state index is 6.07. The Morgan fingerprint density at radius 1 is 1.35 bits per heavy atom. The second-order valence-electron chi connectivity index (χ2n) is 4.68. The number of hydrogen-bond acceptors (Lipinski definition) is 2. The molecule has 0 aliphatic heterocycles. The van der Waals surface area contributed by atoms with Crippen molar-refractivity contribution >= 4 is 11.6 Å². The lowest BCUT2D eigenvalue weighted by molar-refractivity contribution is 0.225. The lowest BCUT2D eigenvalue weighted by Gasteiger charge is -2.23. The molecule has 2 rings (SSSR count). The van der Waals surface area contributed by atoms with Gasteiger partial charge in [0.05, 0.1) is 5.02 Å². The SMILES string of the molecule is CNC(COc1ccccc1Cl)C1CCCC1. The van der Waals surface area contributed by atoms with Crippen LogP contribution in [0.15, 0.2) is 24.3 Å². The van der Waals surface area contributed by atoms with Crippen molar-refractivity contribution < 1.29 is 4.74 Å². The minimum atomic E-state index is 0.439. The standard InChI is InChI=1S/C14H20ClNO/c1-16-13(11-6-2-3-7-11)10-17-14-9-5-4-8-12(14)15/h4-5,8-9,11,13,16H,2-3,6-7,10H2,1H3. The first-order valence-corrected chi connectivity index (χ1v) is 6.73. The van der Waals surface area contributed by atoms with Gasteiger partial charge in [-0.2, -0.15) is 0 Å². The normalized spacial score (nSPS) is 18.2. The van der Waals surface area contributed by atoms with Crippen LogP contribution >= 0.6 is 11.6 Å². The molecule has 0 spiro atoms. The Labute approximate surface area is 108 Å². The molecule has 0 heterocycles. The van der Waals surface area contributed by atoms with Crippen molar-refractivity contribution in [2.45, 2.75) is 31.7 Å². The van der Waals surface area contributed by atoms with Crippen LogP contribution in [-0.4, -0.2) is 19.7 Å². The number of hydrogen-bond donors (Lipinski definition) is 1. The highest BCUT2D eigenvalue weighted by Gasteiger charge is 2.24. The number of benzene rings is 1. The third-order valence-corrected chi connectivity index (χ3v) is 3.91. The van der Waals surface area contributed by atoms with Gasteiger partial charge in [0.2, 0.25) is 0 Å². The molecule has 1 saturated carbocycles. The smallest absolute Gasteiger partial charge is 0.137 e. The summed E-state index contributed by atoms with van der Waals surface area (Å²) in [4.78, 5) is 0. The Kier molecular flexibility index (Phi) is 4.69. The highest BCUT2D eigenvalue weighted by molar-refractivity contribution is 6.32. The number of nitrogens with one attached hydrogen (secondary N) is 1. The summed E-state index contributed by atoms with van der Waals surface area (Å²) in [5.74, 6) is 1.54. The molecular weight excluding hydrogens is 234 g/mol. The molecule has 17 heavy (non-hydrogen) atoms. The van der Waals surface area contributed by atoms with Crippen LogP contribution in [-0.2, 0) is 0 Å². The number of para-hydroxylation sites is 1. The van der Waals surface area contributed by atoms with Crippen molar-refractivity contribution in [1.29, 1.82) is 0 Å². The van der Waals surface area contributed by atoms with Gasteiger partial charge in [0, 0.05) is 6.04 Å². The first-order valence-electron chi connectivity index (χ1n) is 6.36. The van der Waals surface area contributed by atoms with E-state index in [-0.39, 0.29) is 0 Å². The van der Waals surface area contributed by atoms with Gasteiger partial charge in [-0.3, -0.25) is 0 Å². The Bertz CT molecular complexity index is 350. The maximum absolute atomic E-state index is 6.07. The monoisotopic (exact) mass is 253 g/mol. The zero-order valence-corrected chi connectivity index (χ0v) is 11.0. The van der Waals surface area contributed by atoms with Crippen molar-refractivity contribution in [2.24, 2.45) is 5.92 Å². The molecule has 1 fully saturated rings. The third kappa shape index (κ3) is 3.36. The average Bonchev–Trinajstić information content (AvgIpc) is 2.86. The van der Waals surface area contributed by atoms with E-state index in [0.717, 1.165) is 11.7 Å². The van der Waals surface area contributed by atoms with Crippen LogP contribution < -0.4 is 10.1 Å². The van der Waals surface area contributed by atoms with Crippen LogP contribution in [0.5, 0.6) is 5.75 Å². The van der Waals surface area contributed by atoms with Gasteiger partial charge in [0.15, 0.2) is 0 Å². The summed E-state index contributed by atoms with van der Waals surface area (Å²) in [5.41, 5.74) is 0. The van der Waals surface area contributed by atoms with E-state index >= 15 is 0 Å². The molecule has 0 amide bonds. The zero-order chi connectivity index (χ0) is 12.1. The lowest BCUT2D eigenvalue weighted by atomic mass is 9.99. The van der Waals surface area contributed by atoms with E-state index in [1.807, 2.05) is 31.3 Å². The molecule has 0 bridgehead atoms. The summed E-state index contributed by atoms with van der Waals surface area (Å²) < 4.78 is 5.81. The molecule has 1 N–H and O–H groups in total. The number of likely N-dealkylation sites (N-methyl/N-ethyl adjacent to an activating group) is 1. The second kappa shape index (κ2) is 6.27. The number of ether oxygens (including phenoxy) is 1. The summed E-state index contributed by atoms with van der Waals surface area (Å²) in [6.45, 7) is 0.699. The summed E-state index contributed by atoms with van der Waals surface area (Å²) in [5, 5.41) is 4.05. The Morgan fingerprint density at radius 2 is 2.06 bits per heavy atom. The van der Waals surface area contributed by atoms with E-state index in [4.69, 9.17) is 16.3 Å². The van der Waals surface area contributed by atoms with Crippen molar-refractivity contribution in [1.82, 2.24) is 5.32 Å². The van der Waals surface area contributed by atoms with E-state index in [1.165, 1.54) is 25.7 Å². The van der Waals surface area contributed by atoms with Gasteiger partial charge >= 0.3 is 0 Å². The molecule has 1 aromatic carbocycles. The molecule has 1 atom stereocenters. The predicted octanol–water partition coefficient (Wildman–Crippen LogP) is 3.50. The minimum Gasteiger partial charge on any atom is -0.490 e. The summed E-state index contributed by atoms with van der Waals surface area (Å²) in [6.07, 6.45) is 5.35. The van der Waals surface area contributed by atoms with Crippen molar-refractivity contribution in [3.05, 3.63) is 29.3 Å². The minimum absolute atomic E-state index is 0.439. The molecular formula is C14H20ClNO. The summed E-state index contributed by atoms with van der Waals surface area (Å²) in [7, 11) is 2.01. The highest BCUT2D eigenvalue weighted by atomic mass is 35.5. The molecule has 94 valence electrons. The molecule has 0 radical (unpaired) electrons. The number of halogens is 1. The molecule has 0 aromatic heterocycles. The fourth-order valence-electron chi connectivity index (χ4n) is 2.56. The van der Waals surface area contributed by atoms with Gasteiger partial charge in [-0.25, -0.2) is 0 Å². The zero-order valence-electron chi connectivity index (χ0n) is 10.3. The predicted molar refractivity (Wildman–Crippen MR) is 71.8 cm³/mol. The quantitative estimate of drug-likeness (QED) is 0.867.